The molecule has 27 heavy (non-hydrogen) atoms. The van der Waals surface area contributed by atoms with Crippen molar-refractivity contribution in [1.29, 1.82) is 0 Å². The van der Waals surface area contributed by atoms with Crippen LogP contribution in [0.15, 0.2) is 24.3 Å². The first kappa shape index (κ1) is 21.5. The number of piperidine rings is 1. The Morgan fingerprint density at radius 1 is 1.30 bits per heavy atom. The SMILES string of the molecule is CN(CC(=O)O)C1CCN(CC(=O)NCC2Cc3ccccc3O2)CC1.Cl. The molecule has 3 rings (SSSR count). The van der Waals surface area contributed by atoms with Gasteiger partial charge in [0.1, 0.15) is 11.9 Å². The standard InChI is InChI=1S/C19H27N3O4.ClH/c1-21(13-19(24)25)15-6-8-22(9-7-15)12-18(23)20-11-16-10-14-4-2-3-5-17(14)26-16;/h2-5,15-16H,6-13H2,1H3,(H,20,23)(H,24,25);1H. The van der Waals surface area contributed by atoms with Crippen molar-refractivity contribution >= 4 is 24.3 Å². The number of aliphatic carboxylic acids is 1. The van der Waals surface area contributed by atoms with E-state index in [9.17, 15) is 9.59 Å². The van der Waals surface area contributed by atoms with Crippen molar-refractivity contribution in [2.45, 2.75) is 31.4 Å². The molecule has 1 aromatic rings. The summed E-state index contributed by atoms with van der Waals surface area (Å²) in [7, 11) is 1.85. The highest BCUT2D eigenvalue weighted by Crippen LogP contribution is 2.27. The number of carbonyl (C=O) groups is 2. The molecular weight excluding hydrogens is 370 g/mol. The lowest BCUT2D eigenvalue weighted by Crippen LogP contribution is -2.48. The van der Waals surface area contributed by atoms with Crippen molar-refractivity contribution in [3.05, 3.63) is 29.8 Å². The van der Waals surface area contributed by atoms with Gasteiger partial charge in [0.25, 0.3) is 0 Å². The van der Waals surface area contributed by atoms with Crippen molar-refractivity contribution < 1.29 is 19.4 Å². The van der Waals surface area contributed by atoms with Crippen LogP contribution in [-0.2, 0) is 16.0 Å². The maximum Gasteiger partial charge on any atom is 0.317 e. The Morgan fingerprint density at radius 3 is 2.67 bits per heavy atom. The van der Waals surface area contributed by atoms with Crippen LogP contribution in [0.5, 0.6) is 5.75 Å². The van der Waals surface area contributed by atoms with Crippen LogP contribution >= 0.6 is 12.4 Å². The van der Waals surface area contributed by atoms with E-state index in [0.717, 1.165) is 38.1 Å². The summed E-state index contributed by atoms with van der Waals surface area (Å²) in [6, 6.07) is 8.25. The summed E-state index contributed by atoms with van der Waals surface area (Å²) in [6.45, 7) is 2.59. The minimum Gasteiger partial charge on any atom is -0.488 e. The van der Waals surface area contributed by atoms with Crippen LogP contribution in [0.3, 0.4) is 0 Å². The fourth-order valence-corrected chi connectivity index (χ4v) is 3.72. The van der Waals surface area contributed by atoms with Gasteiger partial charge in [-0.1, -0.05) is 18.2 Å². The van der Waals surface area contributed by atoms with Crippen molar-refractivity contribution in [3.63, 3.8) is 0 Å². The van der Waals surface area contributed by atoms with Gasteiger partial charge in [-0.05, 0) is 31.5 Å². The third kappa shape index (κ3) is 6.09. The van der Waals surface area contributed by atoms with Gasteiger partial charge in [0.15, 0.2) is 0 Å². The second-order valence-electron chi connectivity index (χ2n) is 7.17. The van der Waals surface area contributed by atoms with Crippen LogP contribution in [0.4, 0.5) is 0 Å². The Balaban J connectivity index is 0.00000261. The second-order valence-corrected chi connectivity index (χ2v) is 7.17. The number of ether oxygens (including phenoxy) is 1. The Labute approximate surface area is 166 Å². The molecule has 1 aromatic carbocycles. The monoisotopic (exact) mass is 397 g/mol. The number of amides is 1. The van der Waals surface area contributed by atoms with E-state index < -0.39 is 5.97 Å². The molecule has 0 aromatic heterocycles. The van der Waals surface area contributed by atoms with E-state index >= 15 is 0 Å². The summed E-state index contributed by atoms with van der Waals surface area (Å²) >= 11 is 0. The van der Waals surface area contributed by atoms with Crippen molar-refractivity contribution in [3.8, 4) is 5.75 Å². The number of para-hydroxylation sites is 1. The first-order valence-corrected chi connectivity index (χ1v) is 9.17. The summed E-state index contributed by atoms with van der Waals surface area (Å²) in [5.41, 5.74) is 1.19. The second kappa shape index (κ2) is 9.92. The average molecular weight is 398 g/mol. The zero-order valence-corrected chi connectivity index (χ0v) is 16.4. The van der Waals surface area contributed by atoms with Gasteiger partial charge in [0.2, 0.25) is 5.91 Å². The number of rotatable bonds is 7. The zero-order valence-electron chi connectivity index (χ0n) is 15.6. The minimum atomic E-state index is -0.800. The maximum atomic E-state index is 12.2. The summed E-state index contributed by atoms with van der Waals surface area (Å²) < 4.78 is 5.84. The van der Waals surface area contributed by atoms with Crippen LogP contribution < -0.4 is 10.1 Å². The molecule has 1 saturated heterocycles. The molecule has 1 unspecified atom stereocenters. The van der Waals surface area contributed by atoms with Gasteiger partial charge < -0.3 is 15.2 Å². The molecule has 1 fully saturated rings. The zero-order chi connectivity index (χ0) is 18.5. The number of halogens is 1. The smallest absolute Gasteiger partial charge is 0.317 e. The molecule has 8 heteroatoms. The third-order valence-corrected chi connectivity index (χ3v) is 5.17. The number of benzene rings is 1. The number of nitrogens with one attached hydrogen (secondary N) is 1. The van der Waals surface area contributed by atoms with Crippen LogP contribution in [0.2, 0.25) is 0 Å². The van der Waals surface area contributed by atoms with Gasteiger partial charge in [-0.3, -0.25) is 19.4 Å². The van der Waals surface area contributed by atoms with Gasteiger partial charge >= 0.3 is 5.97 Å². The van der Waals surface area contributed by atoms with Crippen LogP contribution in [0.1, 0.15) is 18.4 Å². The number of hydrogen-bond donors (Lipinski definition) is 2. The molecule has 1 atom stereocenters. The molecule has 0 aliphatic carbocycles. The van der Waals surface area contributed by atoms with E-state index in [4.69, 9.17) is 9.84 Å². The molecule has 0 saturated carbocycles. The fraction of sp³-hybridized carbons (Fsp3) is 0.579. The van der Waals surface area contributed by atoms with Gasteiger partial charge in [-0.2, -0.15) is 0 Å². The van der Waals surface area contributed by atoms with E-state index in [0.29, 0.717) is 13.1 Å². The van der Waals surface area contributed by atoms with E-state index in [1.807, 2.05) is 30.1 Å². The van der Waals surface area contributed by atoms with Gasteiger partial charge in [0, 0.05) is 25.6 Å². The molecule has 2 N–H and O–H groups in total. The highest BCUT2D eigenvalue weighted by atomic mass is 35.5. The normalized spacial score (nSPS) is 19.9. The topological polar surface area (TPSA) is 82.1 Å². The van der Waals surface area contributed by atoms with E-state index in [1.165, 1.54) is 5.56 Å². The molecule has 2 heterocycles. The number of hydrogen-bond acceptors (Lipinski definition) is 5. The summed E-state index contributed by atoms with van der Waals surface area (Å²) in [5.74, 6) is 0.131. The molecule has 150 valence electrons. The molecular formula is C19H28ClN3O4. The average Bonchev–Trinajstić information content (AvgIpc) is 3.03. The first-order valence-electron chi connectivity index (χ1n) is 9.17. The number of likely N-dealkylation sites (N-methyl/N-ethyl adjacent to an activating group) is 1. The number of carbonyl (C=O) groups excluding carboxylic acids is 1. The highest BCUT2D eigenvalue weighted by Gasteiger charge is 2.26. The predicted molar refractivity (Wildman–Crippen MR) is 105 cm³/mol. The van der Waals surface area contributed by atoms with Crippen LogP contribution in [0, 0.1) is 0 Å². The Bertz CT molecular complexity index is 625. The van der Waals surface area contributed by atoms with Crippen molar-refractivity contribution in [2.75, 3.05) is 39.8 Å². The summed E-state index contributed by atoms with van der Waals surface area (Å²) in [4.78, 5) is 27.0. The number of fused-ring (bicyclic) bond motifs is 1. The number of likely N-dealkylation sites (tertiary alicyclic amines) is 1. The van der Waals surface area contributed by atoms with Gasteiger partial charge in [-0.25, -0.2) is 0 Å². The quantitative estimate of drug-likeness (QED) is 0.714. The molecule has 2 aliphatic heterocycles. The van der Waals surface area contributed by atoms with Crippen LogP contribution in [-0.4, -0.2) is 78.7 Å². The van der Waals surface area contributed by atoms with Crippen molar-refractivity contribution in [1.82, 2.24) is 15.1 Å². The number of carboxylic acid groups (broad SMARTS) is 1. The largest absolute Gasteiger partial charge is 0.488 e. The Hall–Kier alpha value is -1.83. The predicted octanol–water partition coefficient (Wildman–Crippen LogP) is 1.01. The van der Waals surface area contributed by atoms with E-state index in [2.05, 4.69) is 16.3 Å². The minimum absolute atomic E-state index is 0. The van der Waals surface area contributed by atoms with E-state index in [-0.39, 0.29) is 37.0 Å². The fourth-order valence-electron chi connectivity index (χ4n) is 3.72. The van der Waals surface area contributed by atoms with E-state index in [1.54, 1.807) is 0 Å². The van der Waals surface area contributed by atoms with Crippen LogP contribution in [0.25, 0.3) is 0 Å². The summed E-state index contributed by atoms with van der Waals surface area (Å²) in [6.07, 6.45) is 2.61. The lowest BCUT2D eigenvalue weighted by atomic mass is 10.0. The lowest BCUT2D eigenvalue weighted by Gasteiger charge is -2.35. The maximum absolute atomic E-state index is 12.2. The van der Waals surface area contributed by atoms with Crippen molar-refractivity contribution in [2.24, 2.45) is 0 Å². The lowest BCUT2D eigenvalue weighted by molar-refractivity contribution is -0.138. The molecule has 0 bridgehead atoms. The molecule has 0 spiro atoms. The molecule has 1 amide bonds. The summed E-state index contributed by atoms with van der Waals surface area (Å²) in [5, 5.41) is 11.8. The Morgan fingerprint density at radius 2 is 2.00 bits per heavy atom. The number of carboxylic acids is 1. The Kier molecular flexibility index (Phi) is 7.89. The third-order valence-electron chi connectivity index (χ3n) is 5.17. The molecule has 2 aliphatic rings. The van der Waals surface area contributed by atoms with Gasteiger partial charge in [-0.15, -0.1) is 12.4 Å². The van der Waals surface area contributed by atoms with Gasteiger partial charge in [0.05, 0.1) is 19.6 Å². The first-order chi connectivity index (χ1) is 12.5. The molecule has 7 nitrogen and oxygen atoms in total. The highest BCUT2D eigenvalue weighted by molar-refractivity contribution is 5.85. The molecule has 0 radical (unpaired) electrons. The number of nitrogens with zero attached hydrogens (tertiary/aromatic N) is 2.